The van der Waals surface area contributed by atoms with Crippen molar-refractivity contribution in [1.29, 1.82) is 0 Å². The topological polar surface area (TPSA) is 34.9 Å². The maximum atomic E-state index is 11.5. The molecule has 1 saturated carbocycles. The standard InChI is InChI=1S/C14H22N2O/c1-4-10(2)16-8-7-13(15-16)9-12-5-6-14(17)11(12)3/h7-8,10-12H,4-6,9H2,1-3H3. The number of hydrogen-bond donors (Lipinski definition) is 0. The summed E-state index contributed by atoms with van der Waals surface area (Å²) in [7, 11) is 0. The smallest absolute Gasteiger partial charge is 0.136 e. The molecule has 3 atom stereocenters. The van der Waals surface area contributed by atoms with E-state index in [1.54, 1.807) is 0 Å². The summed E-state index contributed by atoms with van der Waals surface area (Å²) in [6.07, 6.45) is 5.91. The van der Waals surface area contributed by atoms with Crippen LogP contribution >= 0.6 is 0 Å². The Morgan fingerprint density at radius 3 is 2.94 bits per heavy atom. The summed E-state index contributed by atoms with van der Waals surface area (Å²) in [4.78, 5) is 11.5. The largest absolute Gasteiger partial charge is 0.299 e. The van der Waals surface area contributed by atoms with Gasteiger partial charge in [-0.1, -0.05) is 13.8 Å². The lowest BCUT2D eigenvalue weighted by Crippen LogP contribution is -2.13. The third-order valence-corrected chi connectivity index (χ3v) is 4.15. The maximum Gasteiger partial charge on any atom is 0.136 e. The van der Waals surface area contributed by atoms with Crippen LogP contribution in [0.3, 0.4) is 0 Å². The zero-order valence-corrected chi connectivity index (χ0v) is 11.0. The lowest BCUT2D eigenvalue weighted by molar-refractivity contribution is -0.120. The fourth-order valence-electron chi connectivity index (χ4n) is 2.53. The van der Waals surface area contributed by atoms with Gasteiger partial charge in [-0.15, -0.1) is 0 Å². The van der Waals surface area contributed by atoms with Crippen molar-refractivity contribution in [2.24, 2.45) is 11.8 Å². The highest BCUT2D eigenvalue weighted by Gasteiger charge is 2.31. The van der Waals surface area contributed by atoms with Gasteiger partial charge in [-0.05, 0) is 38.2 Å². The van der Waals surface area contributed by atoms with Gasteiger partial charge in [0.05, 0.1) is 5.69 Å². The van der Waals surface area contributed by atoms with Crippen LogP contribution in [0.5, 0.6) is 0 Å². The SMILES string of the molecule is CCC(C)n1ccc(CC2CCC(=O)C2C)n1. The quantitative estimate of drug-likeness (QED) is 0.802. The molecular weight excluding hydrogens is 212 g/mol. The minimum atomic E-state index is 0.226. The van der Waals surface area contributed by atoms with Crippen LogP contribution in [-0.4, -0.2) is 15.6 Å². The molecule has 3 unspecified atom stereocenters. The first-order chi connectivity index (χ1) is 8.11. The Kier molecular flexibility index (Phi) is 3.65. The van der Waals surface area contributed by atoms with Crippen LogP contribution in [0.15, 0.2) is 12.3 Å². The minimum absolute atomic E-state index is 0.226. The second-order valence-corrected chi connectivity index (χ2v) is 5.30. The Hall–Kier alpha value is -1.12. The van der Waals surface area contributed by atoms with Crippen molar-refractivity contribution in [2.45, 2.75) is 52.5 Å². The number of hydrogen-bond acceptors (Lipinski definition) is 2. The molecule has 1 aromatic rings. The number of carbonyl (C=O) groups is 1. The predicted octanol–water partition coefficient (Wildman–Crippen LogP) is 3.01. The molecule has 0 saturated heterocycles. The normalized spacial score (nSPS) is 26.4. The molecule has 0 radical (unpaired) electrons. The van der Waals surface area contributed by atoms with E-state index in [1.165, 1.54) is 0 Å². The van der Waals surface area contributed by atoms with Crippen molar-refractivity contribution in [2.75, 3.05) is 0 Å². The summed E-state index contributed by atoms with van der Waals surface area (Å²) in [5, 5.41) is 4.61. The monoisotopic (exact) mass is 234 g/mol. The van der Waals surface area contributed by atoms with E-state index in [0.717, 1.165) is 31.4 Å². The van der Waals surface area contributed by atoms with Gasteiger partial charge in [-0.25, -0.2) is 0 Å². The van der Waals surface area contributed by atoms with Crippen LogP contribution in [0.2, 0.25) is 0 Å². The highest BCUT2D eigenvalue weighted by molar-refractivity contribution is 5.83. The molecule has 0 spiro atoms. The zero-order valence-electron chi connectivity index (χ0n) is 11.0. The molecule has 3 heteroatoms. The number of rotatable bonds is 4. The van der Waals surface area contributed by atoms with Crippen molar-refractivity contribution in [3.8, 4) is 0 Å². The minimum Gasteiger partial charge on any atom is -0.299 e. The Bertz CT molecular complexity index is 397. The van der Waals surface area contributed by atoms with Crippen LogP contribution < -0.4 is 0 Å². The number of ketones is 1. The van der Waals surface area contributed by atoms with Crippen LogP contribution in [0.1, 0.15) is 51.8 Å². The molecular formula is C14H22N2O. The summed E-state index contributed by atoms with van der Waals surface area (Å²) >= 11 is 0. The number of nitrogens with zero attached hydrogens (tertiary/aromatic N) is 2. The average Bonchev–Trinajstić information content (AvgIpc) is 2.91. The number of Topliss-reactive ketones (excluding diaryl/α,β-unsaturated/α-hetero) is 1. The average molecular weight is 234 g/mol. The molecule has 0 amide bonds. The summed E-state index contributed by atoms with van der Waals surface area (Å²) in [6, 6.07) is 2.56. The Morgan fingerprint density at radius 1 is 1.59 bits per heavy atom. The number of carbonyl (C=O) groups excluding carboxylic acids is 1. The summed E-state index contributed by atoms with van der Waals surface area (Å²) in [5.74, 6) is 1.16. The molecule has 0 N–H and O–H groups in total. The summed E-state index contributed by atoms with van der Waals surface area (Å²) in [6.45, 7) is 6.41. The van der Waals surface area contributed by atoms with E-state index in [4.69, 9.17) is 0 Å². The second kappa shape index (κ2) is 5.03. The van der Waals surface area contributed by atoms with Gasteiger partial charge < -0.3 is 0 Å². The zero-order chi connectivity index (χ0) is 12.4. The van der Waals surface area contributed by atoms with E-state index < -0.39 is 0 Å². The lowest BCUT2D eigenvalue weighted by atomic mass is 9.93. The van der Waals surface area contributed by atoms with Gasteiger partial charge in [0.25, 0.3) is 0 Å². The summed E-state index contributed by atoms with van der Waals surface area (Å²) in [5.41, 5.74) is 1.14. The van der Waals surface area contributed by atoms with Crippen molar-refractivity contribution in [3.63, 3.8) is 0 Å². The molecule has 17 heavy (non-hydrogen) atoms. The van der Waals surface area contributed by atoms with E-state index in [0.29, 0.717) is 17.7 Å². The van der Waals surface area contributed by atoms with E-state index in [2.05, 4.69) is 38.1 Å². The van der Waals surface area contributed by atoms with E-state index in [9.17, 15) is 4.79 Å². The van der Waals surface area contributed by atoms with E-state index in [1.807, 2.05) is 4.68 Å². The van der Waals surface area contributed by atoms with Gasteiger partial charge in [-0.2, -0.15) is 5.10 Å². The van der Waals surface area contributed by atoms with Gasteiger partial charge >= 0.3 is 0 Å². The second-order valence-electron chi connectivity index (χ2n) is 5.30. The first-order valence-corrected chi connectivity index (χ1v) is 6.68. The van der Waals surface area contributed by atoms with Gasteiger partial charge in [0.2, 0.25) is 0 Å². The maximum absolute atomic E-state index is 11.5. The van der Waals surface area contributed by atoms with Gasteiger partial charge in [-0.3, -0.25) is 9.48 Å². The van der Waals surface area contributed by atoms with Crippen LogP contribution in [0, 0.1) is 11.8 Å². The van der Waals surface area contributed by atoms with Gasteiger partial charge in [0.15, 0.2) is 0 Å². The molecule has 0 aliphatic heterocycles. The molecule has 0 aromatic carbocycles. The number of aromatic nitrogens is 2. The predicted molar refractivity (Wildman–Crippen MR) is 67.8 cm³/mol. The third-order valence-electron chi connectivity index (χ3n) is 4.15. The fourth-order valence-corrected chi connectivity index (χ4v) is 2.53. The molecule has 2 rings (SSSR count). The van der Waals surface area contributed by atoms with Gasteiger partial charge in [0.1, 0.15) is 5.78 Å². The van der Waals surface area contributed by atoms with Crippen LogP contribution in [0.4, 0.5) is 0 Å². The van der Waals surface area contributed by atoms with Crippen molar-refractivity contribution in [3.05, 3.63) is 18.0 Å². The molecule has 1 aliphatic carbocycles. The van der Waals surface area contributed by atoms with Gasteiger partial charge in [0, 0.05) is 24.6 Å². The Labute approximate surface area is 103 Å². The fraction of sp³-hybridized carbons (Fsp3) is 0.714. The highest BCUT2D eigenvalue weighted by Crippen LogP contribution is 2.30. The van der Waals surface area contributed by atoms with Crippen molar-refractivity contribution in [1.82, 2.24) is 9.78 Å². The first kappa shape index (κ1) is 12.3. The molecule has 94 valence electrons. The Balaban J connectivity index is 2.00. The molecule has 1 aromatic heterocycles. The molecule has 1 aliphatic rings. The molecule has 1 heterocycles. The van der Waals surface area contributed by atoms with Crippen molar-refractivity contribution >= 4 is 5.78 Å². The molecule has 3 nitrogen and oxygen atoms in total. The van der Waals surface area contributed by atoms with Crippen LogP contribution in [-0.2, 0) is 11.2 Å². The van der Waals surface area contributed by atoms with E-state index in [-0.39, 0.29) is 5.92 Å². The molecule has 1 fully saturated rings. The van der Waals surface area contributed by atoms with Crippen molar-refractivity contribution < 1.29 is 4.79 Å². The van der Waals surface area contributed by atoms with E-state index >= 15 is 0 Å². The highest BCUT2D eigenvalue weighted by atomic mass is 16.1. The third kappa shape index (κ3) is 2.59. The summed E-state index contributed by atoms with van der Waals surface area (Å²) < 4.78 is 2.04. The first-order valence-electron chi connectivity index (χ1n) is 6.68. The van der Waals surface area contributed by atoms with Crippen LogP contribution in [0.25, 0.3) is 0 Å². The molecule has 0 bridgehead atoms. The lowest BCUT2D eigenvalue weighted by Gasteiger charge is -2.12. The Morgan fingerprint density at radius 2 is 2.35 bits per heavy atom.